The summed E-state index contributed by atoms with van der Waals surface area (Å²) in [6.07, 6.45) is 3.92. The van der Waals surface area contributed by atoms with Gasteiger partial charge in [-0.05, 0) is 36.7 Å². The molecule has 234 valence electrons. The Morgan fingerprint density at radius 2 is 1.91 bits per heavy atom. The lowest BCUT2D eigenvalue weighted by molar-refractivity contribution is 0.102. The largest absolute Gasteiger partial charge is 0.481 e. The molecule has 1 amide bonds. The number of fused-ring (bicyclic) bond motifs is 1. The highest BCUT2D eigenvalue weighted by Gasteiger charge is 2.41. The van der Waals surface area contributed by atoms with Crippen molar-refractivity contribution in [2.75, 3.05) is 61.6 Å². The number of methoxy groups -OCH3 is 1. The van der Waals surface area contributed by atoms with Crippen molar-refractivity contribution in [1.29, 1.82) is 0 Å². The van der Waals surface area contributed by atoms with Crippen LogP contribution in [0, 0.1) is 0 Å². The highest BCUT2D eigenvalue weighted by molar-refractivity contribution is 7.22. The molecule has 1 unspecified atom stereocenters. The Labute approximate surface area is 261 Å². The third-order valence-corrected chi connectivity index (χ3v) is 14.1. The summed E-state index contributed by atoms with van der Waals surface area (Å²) >= 11 is 1.56. The molecule has 2 saturated heterocycles. The molecule has 2 aliphatic rings. The highest BCUT2D eigenvalue weighted by atomic mass is 32.1. The number of thiazole rings is 1. The number of aromatic nitrogens is 4. The summed E-state index contributed by atoms with van der Waals surface area (Å²) in [5.74, 6) is 1.05. The lowest BCUT2D eigenvalue weighted by Gasteiger charge is -2.38. The van der Waals surface area contributed by atoms with E-state index in [1.165, 1.54) is 6.26 Å². The highest BCUT2D eigenvalue weighted by Crippen LogP contribution is 2.40. The number of amides is 1. The van der Waals surface area contributed by atoms with Gasteiger partial charge in [-0.2, -0.15) is 4.98 Å². The van der Waals surface area contributed by atoms with E-state index in [0.29, 0.717) is 54.2 Å². The Bertz CT molecular complexity index is 1630. The Kier molecular flexibility index (Phi) is 8.35. The number of carbonyl (C=O) groups excluding carboxylic acids is 1. The molecule has 44 heavy (non-hydrogen) atoms. The smallest absolute Gasteiger partial charge is 0.277 e. The van der Waals surface area contributed by atoms with Crippen molar-refractivity contribution in [2.45, 2.75) is 51.4 Å². The van der Waals surface area contributed by atoms with E-state index in [1.807, 2.05) is 6.07 Å². The van der Waals surface area contributed by atoms with Gasteiger partial charge in [0.25, 0.3) is 5.91 Å². The molecular weight excluding hydrogens is 599 g/mol. The van der Waals surface area contributed by atoms with E-state index in [4.69, 9.17) is 28.3 Å². The fraction of sp³-hybridized carbons (Fsp3) is 0.500. The second-order valence-corrected chi connectivity index (χ2v) is 18.4. The van der Waals surface area contributed by atoms with Gasteiger partial charge < -0.3 is 33.4 Å². The number of ether oxygens (including phenoxy) is 2. The third-order valence-electron chi connectivity index (χ3n) is 8.52. The van der Waals surface area contributed by atoms with Crippen LogP contribution in [-0.2, 0) is 9.16 Å². The zero-order valence-corrected chi connectivity index (χ0v) is 27.9. The minimum absolute atomic E-state index is 0.0903. The molecule has 0 spiro atoms. The first kappa shape index (κ1) is 30.4. The van der Waals surface area contributed by atoms with Crippen molar-refractivity contribution in [3.63, 3.8) is 0 Å². The number of nitrogens with one attached hydrogen (secondary N) is 1. The zero-order chi connectivity index (χ0) is 31.1. The maximum absolute atomic E-state index is 13.5. The SMILES string of the molecule is COc1ccc(-c2nc(C(=O)Nc3cc4sc(N5CCOCC5)nc4nc3N3CCC(O[Si](C)(C)C(C)(C)C)C3)co2)cn1. The molecular formula is C30H39N7O5SSi. The second-order valence-electron chi connectivity index (χ2n) is 12.6. The summed E-state index contributed by atoms with van der Waals surface area (Å²) < 4.78 is 23.9. The van der Waals surface area contributed by atoms with Gasteiger partial charge in [0, 0.05) is 38.4 Å². The number of pyridine rings is 2. The molecule has 1 atom stereocenters. The number of hydrogen-bond donors (Lipinski definition) is 1. The Morgan fingerprint density at radius 3 is 2.61 bits per heavy atom. The molecule has 0 saturated carbocycles. The lowest BCUT2D eigenvalue weighted by atomic mass is 10.2. The van der Waals surface area contributed by atoms with Gasteiger partial charge in [-0.3, -0.25) is 4.79 Å². The van der Waals surface area contributed by atoms with Gasteiger partial charge in [-0.1, -0.05) is 32.1 Å². The Hall–Kier alpha value is -3.59. The van der Waals surface area contributed by atoms with Crippen LogP contribution in [0.2, 0.25) is 18.1 Å². The van der Waals surface area contributed by atoms with Gasteiger partial charge in [-0.15, -0.1) is 0 Å². The van der Waals surface area contributed by atoms with Crippen molar-refractivity contribution >= 4 is 52.5 Å². The van der Waals surface area contributed by atoms with E-state index in [9.17, 15) is 4.79 Å². The molecule has 4 aromatic heterocycles. The van der Waals surface area contributed by atoms with E-state index < -0.39 is 14.2 Å². The van der Waals surface area contributed by atoms with Gasteiger partial charge in [0.05, 0.1) is 42.4 Å². The number of hydrogen-bond acceptors (Lipinski definition) is 12. The monoisotopic (exact) mass is 637 g/mol. The van der Waals surface area contributed by atoms with Gasteiger partial charge in [0.1, 0.15) is 6.26 Å². The first-order chi connectivity index (χ1) is 21.0. The molecule has 1 N–H and O–H groups in total. The average molecular weight is 638 g/mol. The number of carbonyl (C=O) groups is 1. The summed E-state index contributed by atoms with van der Waals surface area (Å²) in [5, 5.41) is 4.09. The van der Waals surface area contributed by atoms with Crippen LogP contribution in [0.5, 0.6) is 5.88 Å². The first-order valence-electron chi connectivity index (χ1n) is 14.8. The lowest BCUT2D eigenvalue weighted by Crippen LogP contribution is -2.44. The molecule has 6 heterocycles. The minimum atomic E-state index is -1.95. The molecule has 6 rings (SSSR count). The first-order valence-corrected chi connectivity index (χ1v) is 18.6. The predicted octanol–water partition coefficient (Wildman–Crippen LogP) is 5.44. The number of anilines is 3. The molecule has 0 bridgehead atoms. The number of rotatable bonds is 8. The molecule has 4 aromatic rings. The fourth-order valence-electron chi connectivity index (χ4n) is 5.00. The number of morpholine rings is 1. The maximum Gasteiger partial charge on any atom is 0.277 e. The molecule has 0 radical (unpaired) electrons. The van der Waals surface area contributed by atoms with E-state index in [0.717, 1.165) is 35.9 Å². The van der Waals surface area contributed by atoms with Crippen LogP contribution >= 0.6 is 11.3 Å². The molecule has 2 fully saturated rings. The van der Waals surface area contributed by atoms with Gasteiger partial charge in [0.2, 0.25) is 11.8 Å². The van der Waals surface area contributed by atoms with Gasteiger partial charge in [-0.25, -0.2) is 15.0 Å². The van der Waals surface area contributed by atoms with Crippen LogP contribution in [0.25, 0.3) is 21.8 Å². The van der Waals surface area contributed by atoms with Crippen molar-refractivity contribution in [1.82, 2.24) is 19.9 Å². The van der Waals surface area contributed by atoms with Crippen molar-refractivity contribution in [3.05, 3.63) is 36.4 Å². The van der Waals surface area contributed by atoms with E-state index in [2.05, 4.69) is 58.9 Å². The summed E-state index contributed by atoms with van der Waals surface area (Å²) in [4.78, 5) is 36.4. The van der Waals surface area contributed by atoms with Crippen molar-refractivity contribution in [2.24, 2.45) is 0 Å². The Balaban J connectivity index is 1.28. The fourth-order valence-corrected chi connectivity index (χ4v) is 7.38. The van der Waals surface area contributed by atoms with Gasteiger partial charge >= 0.3 is 0 Å². The zero-order valence-electron chi connectivity index (χ0n) is 26.0. The minimum Gasteiger partial charge on any atom is -0.481 e. The van der Waals surface area contributed by atoms with Crippen LogP contribution in [0.1, 0.15) is 37.7 Å². The maximum atomic E-state index is 13.5. The average Bonchev–Trinajstić information content (AvgIpc) is 3.76. The second kappa shape index (κ2) is 12.1. The van der Waals surface area contributed by atoms with E-state index in [-0.39, 0.29) is 16.8 Å². The summed E-state index contributed by atoms with van der Waals surface area (Å²) in [7, 11) is -0.397. The Morgan fingerprint density at radius 1 is 1.11 bits per heavy atom. The summed E-state index contributed by atoms with van der Waals surface area (Å²) in [5.41, 5.74) is 2.05. The molecule has 12 nitrogen and oxygen atoms in total. The number of oxazole rings is 1. The normalized spacial score (nSPS) is 17.8. The van der Waals surface area contributed by atoms with Gasteiger partial charge in [0.15, 0.2) is 30.6 Å². The quantitative estimate of drug-likeness (QED) is 0.248. The third kappa shape index (κ3) is 6.29. The molecule has 14 heteroatoms. The van der Waals surface area contributed by atoms with Crippen LogP contribution in [0.15, 0.2) is 35.1 Å². The predicted molar refractivity (Wildman–Crippen MR) is 174 cm³/mol. The molecule has 0 aromatic carbocycles. The van der Waals surface area contributed by atoms with Crippen LogP contribution < -0.4 is 19.9 Å². The summed E-state index contributed by atoms with van der Waals surface area (Å²) in [6.45, 7) is 15.7. The standard InChI is InChI=1S/C30H39N7O5SSi/c1-30(2,3)44(5,6)42-20-9-10-37(17-20)26-21(15-23-25(34-26)35-29(43-23)36-11-13-40-14-12-36)32-27(38)22-18-41-28(33-22)19-7-8-24(39-4)31-16-19/h7-8,15-16,18,20H,9-14,17H2,1-6H3,(H,32,38). The number of nitrogens with zero attached hydrogens (tertiary/aromatic N) is 6. The van der Waals surface area contributed by atoms with Crippen LogP contribution in [0.3, 0.4) is 0 Å². The van der Waals surface area contributed by atoms with Crippen LogP contribution in [-0.4, -0.2) is 86.8 Å². The molecule has 2 aliphatic heterocycles. The molecule has 0 aliphatic carbocycles. The van der Waals surface area contributed by atoms with Crippen molar-refractivity contribution in [3.8, 4) is 17.3 Å². The van der Waals surface area contributed by atoms with E-state index >= 15 is 0 Å². The van der Waals surface area contributed by atoms with Crippen molar-refractivity contribution < 1.29 is 23.1 Å². The van der Waals surface area contributed by atoms with E-state index in [1.54, 1.807) is 36.8 Å². The summed E-state index contributed by atoms with van der Waals surface area (Å²) in [6, 6.07) is 5.46. The topological polar surface area (TPSA) is 128 Å². The van der Waals surface area contributed by atoms with Crippen LogP contribution in [0.4, 0.5) is 16.6 Å².